The summed E-state index contributed by atoms with van der Waals surface area (Å²) in [7, 11) is 0. The molecule has 106 valence electrons. The maximum absolute atomic E-state index is 12.7. The SMILES string of the molecule is CCCC1CNCCC12CCC(C(F)(F)F)CC2. The molecule has 1 nitrogen and oxygen atoms in total. The molecule has 0 aromatic carbocycles. The number of halogens is 3. The number of hydrogen-bond donors (Lipinski definition) is 1. The lowest BCUT2D eigenvalue weighted by molar-refractivity contribution is -0.190. The van der Waals surface area contributed by atoms with E-state index in [1.807, 2.05) is 0 Å². The summed E-state index contributed by atoms with van der Waals surface area (Å²) in [6.45, 7) is 4.16. The molecule has 1 heterocycles. The molecule has 4 heteroatoms. The maximum Gasteiger partial charge on any atom is 0.391 e. The number of alkyl halides is 3. The van der Waals surface area contributed by atoms with E-state index in [2.05, 4.69) is 12.2 Å². The van der Waals surface area contributed by atoms with E-state index < -0.39 is 12.1 Å². The summed E-state index contributed by atoms with van der Waals surface area (Å²) in [5.41, 5.74) is 0.211. The van der Waals surface area contributed by atoms with Crippen LogP contribution in [-0.2, 0) is 0 Å². The zero-order valence-corrected chi connectivity index (χ0v) is 11.2. The van der Waals surface area contributed by atoms with E-state index in [1.165, 1.54) is 0 Å². The molecule has 2 aliphatic rings. The number of nitrogens with one attached hydrogen (secondary N) is 1. The second-order valence-electron chi connectivity index (χ2n) is 6.12. The van der Waals surface area contributed by atoms with Gasteiger partial charge in [0.2, 0.25) is 0 Å². The van der Waals surface area contributed by atoms with Gasteiger partial charge >= 0.3 is 6.18 Å². The van der Waals surface area contributed by atoms with Gasteiger partial charge < -0.3 is 5.32 Å². The van der Waals surface area contributed by atoms with Crippen molar-refractivity contribution in [2.24, 2.45) is 17.3 Å². The second kappa shape index (κ2) is 5.40. The Morgan fingerprint density at radius 1 is 1.17 bits per heavy atom. The van der Waals surface area contributed by atoms with Gasteiger partial charge in [-0.15, -0.1) is 0 Å². The van der Waals surface area contributed by atoms with Crippen LogP contribution in [-0.4, -0.2) is 19.3 Å². The molecular weight excluding hydrogens is 239 g/mol. The van der Waals surface area contributed by atoms with Crippen LogP contribution in [0.5, 0.6) is 0 Å². The smallest absolute Gasteiger partial charge is 0.316 e. The summed E-state index contributed by atoms with van der Waals surface area (Å²) >= 11 is 0. The monoisotopic (exact) mass is 263 g/mol. The Kier molecular flexibility index (Phi) is 4.25. The Hall–Kier alpha value is -0.250. The number of piperidine rings is 1. The third kappa shape index (κ3) is 2.84. The summed E-state index contributed by atoms with van der Waals surface area (Å²) in [4.78, 5) is 0. The van der Waals surface area contributed by atoms with Gasteiger partial charge in [0.05, 0.1) is 5.92 Å². The predicted molar refractivity (Wildman–Crippen MR) is 66.3 cm³/mol. The fourth-order valence-electron chi connectivity index (χ4n) is 3.97. The lowest BCUT2D eigenvalue weighted by atomic mass is 9.59. The highest BCUT2D eigenvalue weighted by Gasteiger charge is 2.48. The largest absolute Gasteiger partial charge is 0.391 e. The third-order valence-corrected chi connectivity index (χ3v) is 5.14. The van der Waals surface area contributed by atoms with Gasteiger partial charge in [0, 0.05) is 0 Å². The minimum Gasteiger partial charge on any atom is -0.316 e. The predicted octanol–water partition coefficient (Wildman–Crippen LogP) is 4.13. The molecular formula is C14H24F3N. The molecule has 0 aromatic heterocycles. The standard InChI is InChI=1S/C14H24F3N/c1-2-3-12-10-18-9-8-13(12)6-4-11(5-7-13)14(15,16)17/h11-12,18H,2-10H2,1H3. The highest BCUT2D eigenvalue weighted by molar-refractivity contribution is 4.95. The molecule has 1 saturated heterocycles. The highest BCUT2D eigenvalue weighted by Crippen LogP contribution is 2.52. The Bertz CT molecular complexity index is 265. The molecule has 1 atom stereocenters. The molecule has 0 radical (unpaired) electrons. The van der Waals surface area contributed by atoms with Crippen molar-refractivity contribution < 1.29 is 13.2 Å². The fourth-order valence-corrected chi connectivity index (χ4v) is 3.97. The lowest BCUT2D eigenvalue weighted by Crippen LogP contribution is -2.48. The van der Waals surface area contributed by atoms with Crippen LogP contribution in [0.25, 0.3) is 0 Å². The van der Waals surface area contributed by atoms with Crippen molar-refractivity contribution in [2.45, 2.75) is 58.0 Å². The number of hydrogen-bond acceptors (Lipinski definition) is 1. The Morgan fingerprint density at radius 2 is 1.83 bits per heavy atom. The van der Waals surface area contributed by atoms with Crippen molar-refractivity contribution in [3.05, 3.63) is 0 Å². The quantitative estimate of drug-likeness (QED) is 0.789. The topological polar surface area (TPSA) is 12.0 Å². The Balaban J connectivity index is 2.00. The molecule has 18 heavy (non-hydrogen) atoms. The highest BCUT2D eigenvalue weighted by atomic mass is 19.4. The molecule has 0 aromatic rings. The van der Waals surface area contributed by atoms with Crippen molar-refractivity contribution in [2.75, 3.05) is 13.1 Å². The summed E-state index contributed by atoms with van der Waals surface area (Å²) in [5, 5.41) is 3.41. The van der Waals surface area contributed by atoms with Gasteiger partial charge in [-0.2, -0.15) is 13.2 Å². The van der Waals surface area contributed by atoms with Gasteiger partial charge in [-0.3, -0.25) is 0 Å². The molecule has 2 rings (SSSR count). The van der Waals surface area contributed by atoms with Gasteiger partial charge in [0.1, 0.15) is 0 Å². The first kappa shape index (κ1) is 14.2. The van der Waals surface area contributed by atoms with Crippen molar-refractivity contribution in [1.82, 2.24) is 5.32 Å². The summed E-state index contributed by atoms with van der Waals surface area (Å²) in [5.74, 6) is -0.453. The van der Waals surface area contributed by atoms with Gasteiger partial charge in [0.15, 0.2) is 0 Å². The molecule has 2 fully saturated rings. The van der Waals surface area contributed by atoms with Crippen molar-refractivity contribution in [3.63, 3.8) is 0 Å². The summed E-state index contributed by atoms with van der Waals surface area (Å²) < 4.78 is 38.2. The zero-order valence-electron chi connectivity index (χ0n) is 11.2. The molecule has 1 spiro atoms. The van der Waals surface area contributed by atoms with E-state index in [9.17, 15) is 13.2 Å². The summed E-state index contributed by atoms with van der Waals surface area (Å²) in [6, 6.07) is 0. The van der Waals surface area contributed by atoms with Gasteiger partial charge in [-0.1, -0.05) is 13.3 Å². The Morgan fingerprint density at radius 3 is 2.39 bits per heavy atom. The van der Waals surface area contributed by atoms with Crippen LogP contribution < -0.4 is 5.32 Å². The molecule has 1 unspecified atom stereocenters. The van der Waals surface area contributed by atoms with Crippen LogP contribution in [0.4, 0.5) is 13.2 Å². The molecule has 1 saturated carbocycles. The van der Waals surface area contributed by atoms with Crippen molar-refractivity contribution in [3.8, 4) is 0 Å². The van der Waals surface area contributed by atoms with Crippen molar-refractivity contribution in [1.29, 1.82) is 0 Å². The van der Waals surface area contributed by atoms with Crippen LogP contribution >= 0.6 is 0 Å². The van der Waals surface area contributed by atoms with Gasteiger partial charge in [-0.25, -0.2) is 0 Å². The van der Waals surface area contributed by atoms with E-state index in [0.29, 0.717) is 18.8 Å². The Labute approximate surface area is 108 Å². The molecule has 0 bridgehead atoms. The van der Waals surface area contributed by atoms with Crippen LogP contribution in [0.2, 0.25) is 0 Å². The van der Waals surface area contributed by atoms with E-state index in [1.54, 1.807) is 0 Å². The van der Waals surface area contributed by atoms with E-state index in [0.717, 1.165) is 45.2 Å². The minimum absolute atomic E-state index is 0.211. The first-order valence-corrected chi connectivity index (χ1v) is 7.25. The van der Waals surface area contributed by atoms with Crippen LogP contribution in [0.1, 0.15) is 51.9 Å². The van der Waals surface area contributed by atoms with Crippen LogP contribution in [0, 0.1) is 17.3 Å². The molecule has 1 aliphatic heterocycles. The van der Waals surface area contributed by atoms with E-state index in [-0.39, 0.29) is 5.41 Å². The van der Waals surface area contributed by atoms with Crippen molar-refractivity contribution >= 4 is 0 Å². The first-order valence-electron chi connectivity index (χ1n) is 7.25. The molecule has 1 N–H and O–H groups in total. The number of rotatable bonds is 2. The average Bonchev–Trinajstić information content (AvgIpc) is 2.32. The van der Waals surface area contributed by atoms with Gasteiger partial charge in [0.25, 0.3) is 0 Å². The first-order chi connectivity index (χ1) is 8.48. The second-order valence-corrected chi connectivity index (χ2v) is 6.12. The van der Waals surface area contributed by atoms with E-state index in [4.69, 9.17) is 0 Å². The lowest BCUT2D eigenvalue weighted by Gasteiger charge is -2.49. The molecule has 1 aliphatic carbocycles. The minimum atomic E-state index is -3.98. The molecule has 0 amide bonds. The normalized spacial score (nSPS) is 38.0. The third-order valence-electron chi connectivity index (χ3n) is 5.14. The summed E-state index contributed by atoms with van der Waals surface area (Å²) in [6.07, 6.45) is 1.65. The maximum atomic E-state index is 12.7. The van der Waals surface area contributed by atoms with Crippen LogP contribution in [0.3, 0.4) is 0 Å². The fraction of sp³-hybridized carbons (Fsp3) is 1.00. The van der Waals surface area contributed by atoms with Crippen LogP contribution in [0.15, 0.2) is 0 Å². The zero-order chi connectivity index (χ0) is 13.2. The van der Waals surface area contributed by atoms with Gasteiger partial charge in [-0.05, 0) is 62.9 Å². The van der Waals surface area contributed by atoms with E-state index >= 15 is 0 Å². The average molecular weight is 263 g/mol.